The highest BCUT2D eigenvalue weighted by Gasteiger charge is 2.42. The van der Waals surface area contributed by atoms with Crippen LogP contribution in [0.3, 0.4) is 0 Å². The molecule has 1 aromatic rings. The topological polar surface area (TPSA) is 26.0 Å². The molecule has 1 atom stereocenters. The standard InChI is InChI=1S/C11H17NS/c1-11(5-6-11)10(12)3-2-9-4-7-13-8-9/h4,7-8,10H,2-3,5-6,12H2,1H3. The second-order valence-corrected chi connectivity index (χ2v) is 5.21. The van der Waals surface area contributed by atoms with Gasteiger partial charge in [0.05, 0.1) is 0 Å². The molecule has 0 aromatic carbocycles. The molecule has 0 saturated heterocycles. The van der Waals surface area contributed by atoms with Crippen molar-refractivity contribution in [1.82, 2.24) is 0 Å². The van der Waals surface area contributed by atoms with Crippen molar-refractivity contribution in [3.63, 3.8) is 0 Å². The summed E-state index contributed by atoms with van der Waals surface area (Å²) in [5.74, 6) is 0. The summed E-state index contributed by atoms with van der Waals surface area (Å²) in [5.41, 5.74) is 8.06. The molecule has 1 aliphatic rings. The van der Waals surface area contributed by atoms with Crippen LogP contribution in [-0.2, 0) is 6.42 Å². The van der Waals surface area contributed by atoms with Crippen LogP contribution in [0.25, 0.3) is 0 Å². The Morgan fingerprint density at radius 3 is 2.92 bits per heavy atom. The van der Waals surface area contributed by atoms with E-state index in [0.29, 0.717) is 11.5 Å². The van der Waals surface area contributed by atoms with E-state index < -0.39 is 0 Å². The first-order chi connectivity index (χ1) is 6.21. The summed E-state index contributed by atoms with van der Waals surface area (Å²) in [7, 11) is 0. The molecule has 1 unspecified atom stereocenters. The van der Waals surface area contributed by atoms with Gasteiger partial charge in [0.1, 0.15) is 0 Å². The zero-order valence-corrected chi connectivity index (χ0v) is 8.94. The van der Waals surface area contributed by atoms with E-state index in [1.54, 1.807) is 11.3 Å². The monoisotopic (exact) mass is 195 g/mol. The predicted molar refractivity (Wildman–Crippen MR) is 58.0 cm³/mol. The molecular weight excluding hydrogens is 178 g/mol. The molecule has 1 nitrogen and oxygen atoms in total. The lowest BCUT2D eigenvalue weighted by molar-refractivity contribution is 0.412. The normalized spacial score (nSPS) is 21.4. The maximum Gasteiger partial charge on any atom is 0.00960 e. The third-order valence-corrected chi connectivity index (χ3v) is 3.99. The first kappa shape index (κ1) is 9.22. The Hall–Kier alpha value is -0.340. The molecule has 0 radical (unpaired) electrons. The van der Waals surface area contributed by atoms with Gasteiger partial charge in [-0.05, 0) is 53.5 Å². The van der Waals surface area contributed by atoms with Crippen LogP contribution in [0, 0.1) is 5.41 Å². The van der Waals surface area contributed by atoms with Crippen LogP contribution in [0.4, 0.5) is 0 Å². The maximum atomic E-state index is 6.13. The number of thiophene rings is 1. The van der Waals surface area contributed by atoms with Crippen LogP contribution in [-0.4, -0.2) is 6.04 Å². The lowest BCUT2D eigenvalue weighted by Crippen LogP contribution is -2.29. The van der Waals surface area contributed by atoms with Gasteiger partial charge in [-0.15, -0.1) is 0 Å². The Balaban J connectivity index is 1.79. The van der Waals surface area contributed by atoms with E-state index in [1.165, 1.54) is 18.4 Å². The van der Waals surface area contributed by atoms with E-state index in [2.05, 4.69) is 23.8 Å². The first-order valence-electron chi connectivity index (χ1n) is 4.97. The van der Waals surface area contributed by atoms with Crippen LogP contribution in [0.1, 0.15) is 31.7 Å². The molecule has 2 N–H and O–H groups in total. The Bertz CT molecular complexity index is 262. The van der Waals surface area contributed by atoms with E-state index >= 15 is 0 Å². The minimum absolute atomic E-state index is 0.410. The smallest absolute Gasteiger partial charge is 0.00960 e. The predicted octanol–water partition coefficient (Wildman–Crippen LogP) is 2.81. The highest BCUT2D eigenvalue weighted by Crippen LogP contribution is 2.48. The summed E-state index contributed by atoms with van der Waals surface area (Å²) >= 11 is 1.77. The maximum absolute atomic E-state index is 6.13. The average Bonchev–Trinajstić information content (AvgIpc) is 2.70. The van der Waals surface area contributed by atoms with Crippen LogP contribution in [0.5, 0.6) is 0 Å². The van der Waals surface area contributed by atoms with Gasteiger partial charge in [-0.25, -0.2) is 0 Å². The third-order valence-electron chi connectivity index (χ3n) is 3.26. The quantitative estimate of drug-likeness (QED) is 0.785. The van der Waals surface area contributed by atoms with E-state index in [9.17, 15) is 0 Å². The molecule has 0 aliphatic heterocycles. The highest BCUT2D eigenvalue weighted by atomic mass is 32.1. The highest BCUT2D eigenvalue weighted by molar-refractivity contribution is 7.07. The SMILES string of the molecule is CC1(C(N)CCc2ccsc2)CC1. The largest absolute Gasteiger partial charge is 0.327 e. The number of hydrogen-bond donors (Lipinski definition) is 1. The second-order valence-electron chi connectivity index (χ2n) is 4.43. The number of aryl methyl sites for hydroxylation is 1. The summed E-state index contributed by atoms with van der Waals surface area (Å²) in [6.45, 7) is 2.31. The fraction of sp³-hybridized carbons (Fsp3) is 0.636. The summed E-state index contributed by atoms with van der Waals surface area (Å²) in [5, 5.41) is 4.36. The minimum Gasteiger partial charge on any atom is -0.327 e. The summed E-state index contributed by atoms with van der Waals surface area (Å²) in [4.78, 5) is 0. The zero-order valence-electron chi connectivity index (χ0n) is 8.12. The van der Waals surface area contributed by atoms with Gasteiger partial charge in [0.2, 0.25) is 0 Å². The number of hydrogen-bond acceptors (Lipinski definition) is 2. The van der Waals surface area contributed by atoms with E-state index in [4.69, 9.17) is 5.73 Å². The van der Waals surface area contributed by atoms with Gasteiger partial charge in [-0.2, -0.15) is 11.3 Å². The Morgan fingerprint density at radius 2 is 2.38 bits per heavy atom. The van der Waals surface area contributed by atoms with Crippen molar-refractivity contribution in [1.29, 1.82) is 0 Å². The van der Waals surface area contributed by atoms with Gasteiger partial charge in [-0.1, -0.05) is 6.92 Å². The third kappa shape index (κ3) is 2.12. The molecule has 0 spiro atoms. The molecule has 1 saturated carbocycles. The number of nitrogens with two attached hydrogens (primary N) is 1. The van der Waals surface area contributed by atoms with E-state index in [1.807, 2.05) is 0 Å². The van der Waals surface area contributed by atoms with Gasteiger partial charge >= 0.3 is 0 Å². The molecular formula is C11H17NS. The van der Waals surface area contributed by atoms with Gasteiger partial charge < -0.3 is 5.73 Å². The van der Waals surface area contributed by atoms with Gasteiger partial charge in [0, 0.05) is 6.04 Å². The molecule has 2 rings (SSSR count). The average molecular weight is 195 g/mol. The Morgan fingerprint density at radius 1 is 1.62 bits per heavy atom. The van der Waals surface area contributed by atoms with Gasteiger partial charge in [0.25, 0.3) is 0 Å². The fourth-order valence-electron chi connectivity index (χ4n) is 1.67. The van der Waals surface area contributed by atoms with Crippen LogP contribution in [0.15, 0.2) is 16.8 Å². The molecule has 0 amide bonds. The second kappa shape index (κ2) is 3.43. The summed E-state index contributed by atoms with van der Waals surface area (Å²) in [6, 6.07) is 2.61. The molecule has 2 heteroatoms. The first-order valence-corrected chi connectivity index (χ1v) is 5.92. The van der Waals surface area contributed by atoms with Crippen molar-refractivity contribution in [3.05, 3.63) is 22.4 Å². The van der Waals surface area contributed by atoms with Gasteiger partial charge in [0.15, 0.2) is 0 Å². The molecule has 13 heavy (non-hydrogen) atoms. The molecule has 1 aromatic heterocycles. The van der Waals surface area contributed by atoms with Crippen molar-refractivity contribution in [2.45, 2.75) is 38.6 Å². The number of rotatable bonds is 4. The van der Waals surface area contributed by atoms with E-state index in [0.717, 1.165) is 12.8 Å². The lowest BCUT2D eigenvalue weighted by Gasteiger charge is -2.17. The lowest BCUT2D eigenvalue weighted by atomic mass is 9.94. The summed E-state index contributed by atoms with van der Waals surface area (Å²) < 4.78 is 0. The van der Waals surface area contributed by atoms with Crippen LogP contribution >= 0.6 is 11.3 Å². The van der Waals surface area contributed by atoms with Gasteiger partial charge in [-0.3, -0.25) is 0 Å². The summed E-state index contributed by atoms with van der Waals surface area (Å²) in [6.07, 6.45) is 4.96. The molecule has 1 heterocycles. The van der Waals surface area contributed by atoms with Crippen molar-refractivity contribution in [2.75, 3.05) is 0 Å². The molecule has 1 aliphatic carbocycles. The Kier molecular flexibility index (Phi) is 2.43. The molecule has 0 bridgehead atoms. The minimum atomic E-state index is 0.410. The van der Waals surface area contributed by atoms with Crippen LogP contribution < -0.4 is 5.73 Å². The fourth-order valence-corrected chi connectivity index (χ4v) is 2.38. The molecule has 72 valence electrons. The van der Waals surface area contributed by atoms with Crippen molar-refractivity contribution in [2.24, 2.45) is 11.1 Å². The van der Waals surface area contributed by atoms with Crippen molar-refractivity contribution >= 4 is 11.3 Å². The Labute approximate surface area is 84.0 Å². The van der Waals surface area contributed by atoms with E-state index in [-0.39, 0.29) is 0 Å². The van der Waals surface area contributed by atoms with Crippen molar-refractivity contribution in [3.8, 4) is 0 Å². The molecule has 1 fully saturated rings. The van der Waals surface area contributed by atoms with Crippen LogP contribution in [0.2, 0.25) is 0 Å². The van der Waals surface area contributed by atoms with Crippen molar-refractivity contribution < 1.29 is 0 Å². The zero-order chi connectivity index (χ0) is 9.31.